The number of aliphatic hydroxyl groups is 1. The average Bonchev–Trinajstić information content (AvgIpc) is 1.65. The van der Waals surface area contributed by atoms with Crippen molar-refractivity contribution in [2.45, 2.75) is 39.7 Å². The summed E-state index contributed by atoms with van der Waals surface area (Å²) in [7, 11) is 0. The first-order valence-corrected chi connectivity index (χ1v) is 3.34. The van der Waals surface area contributed by atoms with Gasteiger partial charge in [0.15, 0.2) is 0 Å². The van der Waals surface area contributed by atoms with Gasteiger partial charge in [0.05, 0.1) is 6.10 Å². The molecule has 1 unspecified atom stereocenters. The molecule has 0 aliphatic rings. The van der Waals surface area contributed by atoms with E-state index in [2.05, 4.69) is 13.8 Å². The number of aliphatic hydroxyl groups excluding tert-OH is 1. The monoisotopic (exact) mass is 205 g/mol. The molecular formula is C7H16OY. The van der Waals surface area contributed by atoms with Crippen molar-refractivity contribution in [2.24, 2.45) is 5.92 Å². The summed E-state index contributed by atoms with van der Waals surface area (Å²) in [5.41, 5.74) is 0. The molecule has 1 atom stereocenters. The van der Waals surface area contributed by atoms with Gasteiger partial charge in [-0.3, -0.25) is 0 Å². The van der Waals surface area contributed by atoms with Crippen molar-refractivity contribution in [1.82, 2.24) is 0 Å². The maximum absolute atomic E-state index is 9.03. The molecule has 0 bridgehead atoms. The van der Waals surface area contributed by atoms with Crippen LogP contribution in [-0.4, -0.2) is 11.2 Å². The van der Waals surface area contributed by atoms with Crippen LogP contribution in [0.1, 0.15) is 33.6 Å². The molecule has 0 amide bonds. The summed E-state index contributed by atoms with van der Waals surface area (Å²) >= 11 is 0. The normalized spacial score (nSPS) is 13.0. The largest absolute Gasteiger partial charge is 0.393 e. The summed E-state index contributed by atoms with van der Waals surface area (Å²) in [5, 5.41) is 9.03. The van der Waals surface area contributed by atoms with Gasteiger partial charge in [-0.05, 0) is 18.8 Å². The molecule has 1 nitrogen and oxygen atoms in total. The Morgan fingerprint density at radius 3 is 1.89 bits per heavy atom. The Balaban J connectivity index is 0. The summed E-state index contributed by atoms with van der Waals surface area (Å²) in [6.07, 6.45) is 1.75. The molecule has 0 aliphatic heterocycles. The summed E-state index contributed by atoms with van der Waals surface area (Å²) in [6.45, 7) is 6.25. The fourth-order valence-electron chi connectivity index (χ4n) is 0.711. The van der Waals surface area contributed by atoms with Gasteiger partial charge in [0.1, 0.15) is 0 Å². The zero-order chi connectivity index (χ0) is 6.57. The first-order valence-electron chi connectivity index (χ1n) is 3.34. The quantitative estimate of drug-likeness (QED) is 0.744. The fourth-order valence-corrected chi connectivity index (χ4v) is 0.711. The molecule has 0 saturated carbocycles. The minimum atomic E-state index is -0.0741. The van der Waals surface area contributed by atoms with E-state index in [0.717, 1.165) is 12.8 Å². The van der Waals surface area contributed by atoms with Gasteiger partial charge < -0.3 is 5.11 Å². The zero-order valence-electron chi connectivity index (χ0n) is 6.59. The molecule has 0 saturated heterocycles. The molecule has 1 radical (unpaired) electrons. The van der Waals surface area contributed by atoms with Crippen LogP contribution in [0.15, 0.2) is 0 Å². The predicted octanol–water partition coefficient (Wildman–Crippen LogP) is 1.80. The van der Waals surface area contributed by atoms with Crippen molar-refractivity contribution < 1.29 is 37.8 Å². The van der Waals surface area contributed by atoms with E-state index in [0.29, 0.717) is 5.92 Å². The Morgan fingerprint density at radius 1 is 1.33 bits per heavy atom. The van der Waals surface area contributed by atoms with Crippen LogP contribution in [0.5, 0.6) is 0 Å². The summed E-state index contributed by atoms with van der Waals surface area (Å²) in [6, 6.07) is 0. The smallest absolute Gasteiger partial charge is 0.0540 e. The summed E-state index contributed by atoms with van der Waals surface area (Å²) in [5.74, 6) is 0.630. The van der Waals surface area contributed by atoms with E-state index in [9.17, 15) is 0 Å². The van der Waals surface area contributed by atoms with Crippen LogP contribution in [0.3, 0.4) is 0 Å². The van der Waals surface area contributed by atoms with Gasteiger partial charge in [-0.1, -0.05) is 20.8 Å². The van der Waals surface area contributed by atoms with Crippen molar-refractivity contribution in [2.75, 3.05) is 0 Å². The molecule has 0 aliphatic carbocycles. The van der Waals surface area contributed by atoms with Crippen LogP contribution in [0, 0.1) is 5.92 Å². The van der Waals surface area contributed by atoms with Gasteiger partial charge in [-0.2, -0.15) is 0 Å². The van der Waals surface area contributed by atoms with Crippen LogP contribution < -0.4 is 0 Å². The van der Waals surface area contributed by atoms with Gasteiger partial charge >= 0.3 is 0 Å². The summed E-state index contributed by atoms with van der Waals surface area (Å²) < 4.78 is 0. The van der Waals surface area contributed by atoms with Gasteiger partial charge in [0.25, 0.3) is 0 Å². The van der Waals surface area contributed by atoms with E-state index in [1.165, 1.54) is 0 Å². The van der Waals surface area contributed by atoms with Crippen LogP contribution in [0.2, 0.25) is 0 Å². The molecule has 0 aromatic rings. The standard InChI is InChI=1S/C7H16O.Y/c1-4-7(8)5-6(2)3;/h6-8H,4-5H2,1-3H3;. The van der Waals surface area contributed by atoms with E-state index >= 15 is 0 Å². The zero-order valence-corrected chi connectivity index (χ0v) is 9.43. The Kier molecular flexibility index (Phi) is 10.1. The SMILES string of the molecule is CCC(O)CC(C)C.[Y]. The molecule has 0 fully saturated rings. The fraction of sp³-hybridized carbons (Fsp3) is 1.00. The second-order valence-corrected chi connectivity index (χ2v) is 2.69. The van der Waals surface area contributed by atoms with Crippen molar-refractivity contribution in [3.8, 4) is 0 Å². The third kappa shape index (κ3) is 9.06. The van der Waals surface area contributed by atoms with E-state index in [1.54, 1.807) is 0 Å². The molecule has 1 N–H and O–H groups in total. The molecule has 0 heterocycles. The van der Waals surface area contributed by atoms with Crippen LogP contribution >= 0.6 is 0 Å². The first kappa shape index (κ1) is 12.7. The molecule has 0 aromatic heterocycles. The molecular weight excluding hydrogens is 189 g/mol. The van der Waals surface area contributed by atoms with Crippen LogP contribution in [0.4, 0.5) is 0 Å². The average molecular weight is 205 g/mol. The Morgan fingerprint density at radius 2 is 1.78 bits per heavy atom. The van der Waals surface area contributed by atoms with E-state index in [4.69, 9.17) is 5.11 Å². The maximum Gasteiger partial charge on any atom is 0.0540 e. The number of hydrogen-bond donors (Lipinski definition) is 1. The minimum Gasteiger partial charge on any atom is -0.393 e. The van der Waals surface area contributed by atoms with Crippen molar-refractivity contribution in [1.29, 1.82) is 0 Å². The summed E-state index contributed by atoms with van der Waals surface area (Å²) in [4.78, 5) is 0. The minimum absolute atomic E-state index is 0. The Hall–Kier alpha value is 1.06. The number of hydrogen-bond acceptors (Lipinski definition) is 1. The van der Waals surface area contributed by atoms with Gasteiger partial charge in [0.2, 0.25) is 0 Å². The maximum atomic E-state index is 9.03. The van der Waals surface area contributed by atoms with Crippen LogP contribution in [-0.2, 0) is 32.7 Å². The topological polar surface area (TPSA) is 20.2 Å². The van der Waals surface area contributed by atoms with Crippen molar-refractivity contribution >= 4 is 0 Å². The Labute approximate surface area is 83.1 Å². The van der Waals surface area contributed by atoms with Crippen molar-refractivity contribution in [3.63, 3.8) is 0 Å². The molecule has 2 heteroatoms. The van der Waals surface area contributed by atoms with Gasteiger partial charge in [-0.15, -0.1) is 0 Å². The second kappa shape index (κ2) is 7.17. The number of rotatable bonds is 3. The third-order valence-electron chi connectivity index (χ3n) is 1.21. The molecule has 0 rings (SSSR count). The molecule has 0 spiro atoms. The molecule has 53 valence electrons. The van der Waals surface area contributed by atoms with Crippen molar-refractivity contribution in [3.05, 3.63) is 0 Å². The predicted molar refractivity (Wildman–Crippen MR) is 35.8 cm³/mol. The first-order chi connectivity index (χ1) is 3.66. The second-order valence-electron chi connectivity index (χ2n) is 2.69. The van der Waals surface area contributed by atoms with Crippen LogP contribution in [0.25, 0.3) is 0 Å². The van der Waals surface area contributed by atoms with Gasteiger partial charge in [-0.25, -0.2) is 0 Å². The van der Waals surface area contributed by atoms with E-state index in [1.807, 2.05) is 6.92 Å². The third-order valence-corrected chi connectivity index (χ3v) is 1.21. The Bertz CT molecular complexity index is 54.9. The van der Waals surface area contributed by atoms with E-state index in [-0.39, 0.29) is 38.8 Å². The van der Waals surface area contributed by atoms with Gasteiger partial charge in [0, 0.05) is 32.7 Å². The van der Waals surface area contributed by atoms with E-state index < -0.39 is 0 Å². The molecule has 0 aromatic carbocycles. The molecule has 9 heavy (non-hydrogen) atoms.